The Balaban J connectivity index is 1.88. The van der Waals surface area contributed by atoms with Crippen LogP contribution in [0.3, 0.4) is 0 Å². The van der Waals surface area contributed by atoms with E-state index in [-0.39, 0.29) is 0 Å². The highest BCUT2D eigenvalue weighted by Gasteiger charge is 2.22. The van der Waals surface area contributed by atoms with Crippen molar-refractivity contribution in [3.05, 3.63) is 35.1 Å². The molecule has 0 bridgehead atoms. The molecule has 4 nitrogen and oxygen atoms in total. The highest BCUT2D eigenvalue weighted by molar-refractivity contribution is 6.30. The predicted octanol–water partition coefficient (Wildman–Crippen LogP) is 1.81. The molecule has 0 amide bonds. The van der Waals surface area contributed by atoms with Crippen molar-refractivity contribution in [2.45, 2.75) is 5.92 Å². The van der Waals surface area contributed by atoms with Gasteiger partial charge in [-0.2, -0.15) is 5.10 Å². The van der Waals surface area contributed by atoms with Crippen LogP contribution in [0.2, 0.25) is 5.02 Å². The fraction of sp³-hybridized carbons (Fsp3) is 0.273. The number of aromatic amines is 1. The van der Waals surface area contributed by atoms with Crippen LogP contribution in [0.5, 0.6) is 0 Å². The molecule has 3 rings (SSSR count). The molecule has 0 unspecified atom stereocenters. The zero-order chi connectivity index (χ0) is 11.0. The zero-order valence-corrected chi connectivity index (χ0v) is 9.33. The minimum absolute atomic E-state index is 0.480. The lowest BCUT2D eigenvalue weighted by Gasteiger charge is -2.24. The van der Waals surface area contributed by atoms with Gasteiger partial charge in [0.1, 0.15) is 5.82 Å². The Labute approximate surface area is 98.0 Å². The van der Waals surface area contributed by atoms with Crippen LogP contribution in [0.25, 0.3) is 11.4 Å². The Morgan fingerprint density at radius 1 is 1.19 bits per heavy atom. The molecule has 0 spiro atoms. The van der Waals surface area contributed by atoms with E-state index in [0.29, 0.717) is 5.92 Å². The first-order chi connectivity index (χ1) is 7.83. The number of nitrogens with zero attached hydrogens (tertiary/aromatic N) is 2. The maximum atomic E-state index is 5.83. The van der Waals surface area contributed by atoms with Crippen molar-refractivity contribution in [3.8, 4) is 11.4 Å². The molecule has 0 saturated carbocycles. The van der Waals surface area contributed by atoms with Gasteiger partial charge in [-0.3, -0.25) is 5.10 Å². The standard InChI is InChI=1S/C11H11ClN4/c12-9-3-1-7(2-4-9)10-14-11(16-15-10)8-5-13-6-8/h1-4,8,13H,5-6H2,(H,14,15,16). The summed E-state index contributed by atoms with van der Waals surface area (Å²) in [5.41, 5.74) is 0.985. The maximum Gasteiger partial charge on any atom is 0.181 e. The van der Waals surface area contributed by atoms with E-state index in [4.69, 9.17) is 11.6 Å². The number of hydrogen-bond donors (Lipinski definition) is 2. The number of hydrogen-bond acceptors (Lipinski definition) is 3. The third-order valence-corrected chi connectivity index (χ3v) is 3.03. The van der Waals surface area contributed by atoms with Gasteiger partial charge in [0.25, 0.3) is 0 Å². The maximum absolute atomic E-state index is 5.83. The SMILES string of the molecule is Clc1ccc(-c2n[nH]c(C3CNC3)n2)cc1. The van der Waals surface area contributed by atoms with Gasteiger partial charge in [0.2, 0.25) is 0 Å². The van der Waals surface area contributed by atoms with Crippen molar-refractivity contribution in [2.75, 3.05) is 13.1 Å². The molecule has 1 aliphatic rings. The number of rotatable bonds is 2. The minimum Gasteiger partial charge on any atom is -0.315 e. The predicted molar refractivity (Wildman–Crippen MR) is 62.4 cm³/mol. The summed E-state index contributed by atoms with van der Waals surface area (Å²) in [5, 5.41) is 11.1. The van der Waals surface area contributed by atoms with Gasteiger partial charge in [0.05, 0.1) is 0 Å². The van der Waals surface area contributed by atoms with Crippen LogP contribution in [-0.4, -0.2) is 28.3 Å². The second-order valence-electron chi connectivity index (χ2n) is 3.91. The quantitative estimate of drug-likeness (QED) is 0.833. The second-order valence-corrected chi connectivity index (χ2v) is 4.34. The molecule has 1 saturated heterocycles. The van der Waals surface area contributed by atoms with Crippen LogP contribution in [0.1, 0.15) is 11.7 Å². The Hall–Kier alpha value is -1.39. The topological polar surface area (TPSA) is 53.6 Å². The summed E-state index contributed by atoms with van der Waals surface area (Å²) in [7, 11) is 0. The summed E-state index contributed by atoms with van der Waals surface area (Å²) in [4.78, 5) is 4.48. The third-order valence-electron chi connectivity index (χ3n) is 2.77. The Bertz CT molecular complexity index is 487. The minimum atomic E-state index is 0.480. The summed E-state index contributed by atoms with van der Waals surface area (Å²) in [5.74, 6) is 2.18. The average molecular weight is 235 g/mol. The second kappa shape index (κ2) is 3.88. The van der Waals surface area contributed by atoms with E-state index in [1.807, 2.05) is 24.3 Å². The van der Waals surface area contributed by atoms with Gasteiger partial charge >= 0.3 is 0 Å². The van der Waals surface area contributed by atoms with E-state index in [1.54, 1.807) is 0 Å². The first-order valence-electron chi connectivity index (χ1n) is 5.22. The normalized spacial score (nSPS) is 16.1. The lowest BCUT2D eigenvalue weighted by atomic mass is 10.0. The molecule has 1 aromatic heterocycles. The van der Waals surface area contributed by atoms with Crippen molar-refractivity contribution in [2.24, 2.45) is 0 Å². The highest BCUT2D eigenvalue weighted by atomic mass is 35.5. The van der Waals surface area contributed by atoms with Crippen molar-refractivity contribution in [1.29, 1.82) is 0 Å². The van der Waals surface area contributed by atoms with E-state index in [2.05, 4.69) is 20.5 Å². The lowest BCUT2D eigenvalue weighted by Crippen LogP contribution is -2.40. The molecule has 1 aliphatic heterocycles. The molecule has 0 aliphatic carbocycles. The molecule has 1 fully saturated rings. The van der Waals surface area contributed by atoms with Gasteiger partial charge in [-0.25, -0.2) is 4.98 Å². The molecule has 5 heteroatoms. The summed E-state index contributed by atoms with van der Waals surface area (Å²) in [6.45, 7) is 1.96. The summed E-state index contributed by atoms with van der Waals surface area (Å²) < 4.78 is 0. The van der Waals surface area contributed by atoms with Crippen LogP contribution in [-0.2, 0) is 0 Å². The summed E-state index contributed by atoms with van der Waals surface area (Å²) >= 11 is 5.83. The molecule has 1 aromatic carbocycles. The highest BCUT2D eigenvalue weighted by Crippen LogP contribution is 2.21. The number of halogens is 1. The van der Waals surface area contributed by atoms with Crippen LogP contribution >= 0.6 is 11.6 Å². The van der Waals surface area contributed by atoms with E-state index >= 15 is 0 Å². The number of aromatic nitrogens is 3. The smallest absolute Gasteiger partial charge is 0.181 e. The molecule has 0 atom stereocenters. The van der Waals surface area contributed by atoms with Gasteiger partial charge in [-0.05, 0) is 24.3 Å². The van der Waals surface area contributed by atoms with E-state index in [9.17, 15) is 0 Å². The van der Waals surface area contributed by atoms with Crippen LogP contribution < -0.4 is 5.32 Å². The first-order valence-corrected chi connectivity index (χ1v) is 5.60. The molecule has 82 valence electrons. The van der Waals surface area contributed by atoms with Crippen LogP contribution in [0.4, 0.5) is 0 Å². The molecule has 2 heterocycles. The summed E-state index contributed by atoms with van der Waals surface area (Å²) in [6, 6.07) is 7.54. The molecule has 2 aromatic rings. The van der Waals surface area contributed by atoms with Crippen molar-refractivity contribution in [1.82, 2.24) is 20.5 Å². The van der Waals surface area contributed by atoms with E-state index in [0.717, 1.165) is 35.3 Å². The molecular formula is C11H11ClN4. The van der Waals surface area contributed by atoms with Gasteiger partial charge < -0.3 is 5.32 Å². The van der Waals surface area contributed by atoms with Crippen LogP contribution in [0.15, 0.2) is 24.3 Å². The zero-order valence-electron chi connectivity index (χ0n) is 8.57. The lowest BCUT2D eigenvalue weighted by molar-refractivity contribution is 0.431. The van der Waals surface area contributed by atoms with Gasteiger partial charge in [0.15, 0.2) is 5.82 Å². The van der Waals surface area contributed by atoms with Crippen molar-refractivity contribution < 1.29 is 0 Å². The van der Waals surface area contributed by atoms with Gasteiger partial charge in [0, 0.05) is 29.6 Å². The first kappa shape index (κ1) is 9.81. The molecular weight excluding hydrogens is 224 g/mol. The number of H-pyrrole nitrogens is 1. The Morgan fingerprint density at radius 3 is 2.56 bits per heavy atom. The molecule has 16 heavy (non-hydrogen) atoms. The Morgan fingerprint density at radius 2 is 1.94 bits per heavy atom. The Kier molecular flexibility index (Phi) is 2.38. The summed E-state index contributed by atoms with van der Waals surface area (Å²) in [6.07, 6.45) is 0. The third kappa shape index (κ3) is 1.70. The monoisotopic (exact) mass is 234 g/mol. The van der Waals surface area contributed by atoms with Crippen LogP contribution in [0, 0.1) is 0 Å². The van der Waals surface area contributed by atoms with Gasteiger partial charge in [-0.1, -0.05) is 11.6 Å². The van der Waals surface area contributed by atoms with E-state index < -0.39 is 0 Å². The molecule has 0 radical (unpaired) electrons. The average Bonchev–Trinajstić information content (AvgIpc) is 2.65. The van der Waals surface area contributed by atoms with E-state index in [1.165, 1.54) is 0 Å². The molecule has 2 N–H and O–H groups in total. The fourth-order valence-electron chi connectivity index (χ4n) is 1.67. The van der Waals surface area contributed by atoms with Crippen molar-refractivity contribution >= 4 is 11.6 Å². The largest absolute Gasteiger partial charge is 0.315 e. The van der Waals surface area contributed by atoms with Gasteiger partial charge in [-0.15, -0.1) is 0 Å². The fourth-order valence-corrected chi connectivity index (χ4v) is 1.79. The van der Waals surface area contributed by atoms with Crippen molar-refractivity contribution in [3.63, 3.8) is 0 Å². The number of nitrogens with one attached hydrogen (secondary N) is 2. The number of benzene rings is 1.